The summed E-state index contributed by atoms with van der Waals surface area (Å²) < 4.78 is 25.2. The van der Waals surface area contributed by atoms with Crippen molar-refractivity contribution in [2.75, 3.05) is 0 Å². The summed E-state index contributed by atoms with van der Waals surface area (Å²) in [7, 11) is -3.37. The Morgan fingerprint density at radius 1 is 0.378 bits per heavy atom. The topological polar surface area (TPSA) is 200 Å². The Hall–Kier alpha value is -13.1. The fourth-order valence-electron chi connectivity index (χ4n) is 10.8. The second kappa shape index (κ2) is 36.4. The Morgan fingerprint density at radius 3 is 1.18 bits per heavy atom. The highest BCUT2D eigenvalue weighted by Crippen LogP contribution is 2.45. The van der Waals surface area contributed by atoms with Crippen molar-refractivity contribution in [2.45, 2.75) is 56.7 Å². The molecule has 98 heavy (non-hydrogen) atoms. The van der Waals surface area contributed by atoms with Crippen LogP contribution >= 0.6 is 0 Å². The number of hydrogen-bond donors (Lipinski definition) is 0. The van der Waals surface area contributed by atoms with Crippen LogP contribution in [0.5, 0.6) is 0 Å². The highest BCUT2D eigenvalue weighted by atomic mass is 32.2. The Labute approximate surface area is 576 Å². The molecular formula is C83H66B2N10O2S. The molecule has 0 amide bonds. The zero-order valence-corrected chi connectivity index (χ0v) is 55.9. The van der Waals surface area contributed by atoms with Crippen LogP contribution in [0.15, 0.2) is 301 Å². The minimum absolute atomic E-state index is 0.279. The van der Waals surface area contributed by atoms with Crippen molar-refractivity contribution in [3.8, 4) is 30.3 Å². The van der Waals surface area contributed by atoms with E-state index in [2.05, 4.69) is 154 Å². The van der Waals surface area contributed by atoms with Crippen molar-refractivity contribution < 1.29 is 8.42 Å². The van der Waals surface area contributed by atoms with Crippen molar-refractivity contribution in [1.82, 2.24) is 15.0 Å². The third kappa shape index (κ3) is 19.7. The molecule has 0 aliphatic carbocycles. The summed E-state index contributed by atoms with van der Waals surface area (Å²) in [5.74, 6) is 0. The lowest BCUT2D eigenvalue weighted by Gasteiger charge is -2.34. The van der Waals surface area contributed by atoms with E-state index in [-0.39, 0.29) is 5.41 Å². The average Bonchev–Trinajstić information content (AvgIpc) is 0.730. The van der Waals surface area contributed by atoms with Crippen molar-refractivity contribution in [1.29, 1.82) is 26.3 Å². The third-order valence-electron chi connectivity index (χ3n) is 15.5. The molecule has 2 aliphatic heterocycles. The van der Waals surface area contributed by atoms with Gasteiger partial charge in [0.15, 0.2) is 17.1 Å². The van der Waals surface area contributed by atoms with Gasteiger partial charge in [0.05, 0.1) is 69.6 Å². The molecule has 10 aromatic carbocycles. The van der Waals surface area contributed by atoms with Crippen LogP contribution in [0, 0.1) is 97.5 Å². The molecule has 0 saturated carbocycles. The number of pyridine rings is 1. The average molecular weight is 1290 g/mol. The van der Waals surface area contributed by atoms with E-state index >= 15 is 0 Å². The van der Waals surface area contributed by atoms with Gasteiger partial charge in [0.2, 0.25) is 23.3 Å². The molecule has 15 heteroatoms. The van der Waals surface area contributed by atoms with Gasteiger partial charge in [-0.15, -0.1) is 0 Å². The first-order valence-corrected chi connectivity index (χ1v) is 32.4. The number of aromatic nitrogens is 3. The van der Waals surface area contributed by atoms with E-state index in [1.807, 2.05) is 130 Å². The molecule has 0 radical (unpaired) electrons. The van der Waals surface area contributed by atoms with Gasteiger partial charge in [-0.1, -0.05) is 264 Å². The number of nitriles is 5. The molecule has 14 rings (SSSR count). The lowest BCUT2D eigenvalue weighted by Crippen LogP contribution is -2.74. The highest BCUT2D eigenvalue weighted by molar-refractivity contribution is 7.91. The molecule has 0 atom stereocenters. The van der Waals surface area contributed by atoms with Crippen LogP contribution in [-0.2, 0) is 15.3 Å². The molecule has 2 aromatic heterocycles. The maximum atomic E-state index is 12.6. The van der Waals surface area contributed by atoms with E-state index in [1.54, 1.807) is 98.3 Å². The highest BCUT2D eigenvalue weighted by Gasteiger charge is 2.40. The van der Waals surface area contributed by atoms with Gasteiger partial charge in [0, 0.05) is 35.8 Å². The molecule has 4 heterocycles. The van der Waals surface area contributed by atoms with Crippen LogP contribution in [0.25, 0.3) is 9.69 Å². The number of fused-ring (bicyclic) bond motifs is 4. The molecule has 0 saturated heterocycles. The second-order valence-electron chi connectivity index (χ2n) is 22.7. The van der Waals surface area contributed by atoms with E-state index in [1.165, 1.54) is 44.5 Å². The SMILES string of the molecule is CC1(C)c2ccccc2S(=O)(=O)c2ccccc21.Cc1cccc(C#N)c1.Cc1nccnc1C#N.N#Cc1ccccc1.N#Cc1ccncc1.[C-]#[N+]c1cc(C)cc(C#N)c1.[C-]#[N+]c1ccc(C)cc1.c1ccc(B2c3ccccc3B(c3ccccc3)c3ccccc32)cc1. The van der Waals surface area contributed by atoms with E-state index in [0.29, 0.717) is 62.7 Å². The standard InChI is InChI=1S/C24H18B2.C15H14O2S.C9H6N2.2C8H7N.C7H5N.C6H5N3.C6H4N2/c1-3-11-19(12-4-1)25-21-15-7-9-17-23(21)26(20-13-5-2-6-14-20)24-18-10-8-16-22(24)25;1-15(2)11-7-3-5-9-13(11)18(16,17)14-10-6-4-8-12(14)15;1-7-3-8(6-10)5-9(4-7)11-2;1-7-3-5-8(9-2)6-4-7;1-7-3-2-4-8(5-7)6-9;8-6-7-4-2-1-3-5-7;1-5-6(4-7)9-3-2-8-5;7-5-6-1-3-8-4-2-6/h1-18H;3-10H,1-2H3;3-5H,1H3;3-6H,1H3;2-5H,1H3;1-5H;2-3H,1H3;1-4H. The van der Waals surface area contributed by atoms with Gasteiger partial charge >= 0.3 is 0 Å². The quantitative estimate of drug-likeness (QED) is 0.118. The van der Waals surface area contributed by atoms with Gasteiger partial charge in [0.1, 0.15) is 6.07 Å². The summed E-state index contributed by atoms with van der Waals surface area (Å²) in [6, 6.07) is 96.8. The summed E-state index contributed by atoms with van der Waals surface area (Å²) in [4.78, 5) is 18.8. The molecule has 2 aliphatic rings. The molecule has 12 nitrogen and oxygen atoms in total. The normalized spacial score (nSPS) is 11.3. The first kappa shape index (κ1) is 72.4. The Morgan fingerprint density at radius 2 is 0.786 bits per heavy atom. The van der Waals surface area contributed by atoms with E-state index in [9.17, 15) is 8.42 Å². The van der Waals surface area contributed by atoms with Gasteiger partial charge in [-0.2, -0.15) is 26.3 Å². The molecule has 12 aromatic rings. The number of benzene rings is 10. The maximum absolute atomic E-state index is 12.6. The minimum Gasteiger partial charge on any atom is -0.265 e. The number of hydrogen-bond acceptors (Lipinski definition) is 10. The summed E-state index contributed by atoms with van der Waals surface area (Å²) >= 11 is 0. The molecule has 472 valence electrons. The smallest absolute Gasteiger partial charge is 0.240 e. The van der Waals surface area contributed by atoms with Gasteiger partial charge in [-0.25, -0.2) is 23.1 Å². The van der Waals surface area contributed by atoms with Crippen LogP contribution in [0.2, 0.25) is 0 Å². The predicted molar refractivity (Wildman–Crippen MR) is 393 cm³/mol. The lowest BCUT2D eigenvalue weighted by atomic mass is 9.21. The molecule has 0 fully saturated rings. The Kier molecular flexibility index (Phi) is 26.9. The van der Waals surface area contributed by atoms with Crippen molar-refractivity contribution >= 4 is 67.4 Å². The first-order chi connectivity index (χ1) is 47.5. The van der Waals surface area contributed by atoms with Crippen LogP contribution in [-0.4, -0.2) is 36.8 Å². The summed E-state index contributed by atoms with van der Waals surface area (Å²) in [6.45, 7) is 25.7. The molecule has 0 bridgehead atoms. The third-order valence-corrected chi connectivity index (χ3v) is 17.4. The van der Waals surface area contributed by atoms with Crippen molar-refractivity contribution in [2.24, 2.45) is 0 Å². The fourth-order valence-corrected chi connectivity index (χ4v) is 12.8. The number of sulfone groups is 1. The zero-order valence-electron chi connectivity index (χ0n) is 55.1. The van der Waals surface area contributed by atoms with Crippen LogP contribution in [0.4, 0.5) is 11.4 Å². The maximum Gasteiger partial charge on any atom is 0.240 e. The minimum atomic E-state index is -3.37. The number of aryl methyl sites for hydroxylation is 4. The Bertz CT molecular complexity index is 4800. The number of rotatable bonds is 2. The fraction of sp³-hybridized carbons (Fsp3) is 0.0843. The second-order valence-corrected chi connectivity index (χ2v) is 24.6. The summed E-state index contributed by atoms with van der Waals surface area (Å²) in [5.41, 5.74) is 18.1. The molecular weight excluding hydrogens is 1220 g/mol. The number of nitrogens with zero attached hydrogens (tertiary/aromatic N) is 10. The van der Waals surface area contributed by atoms with E-state index in [4.69, 9.17) is 39.5 Å². The predicted octanol–water partition coefficient (Wildman–Crippen LogP) is 14.2. The van der Waals surface area contributed by atoms with E-state index < -0.39 is 9.84 Å². The van der Waals surface area contributed by atoms with Crippen molar-refractivity contribution in [3.63, 3.8) is 0 Å². The van der Waals surface area contributed by atoms with E-state index in [0.717, 1.165) is 27.8 Å². The first-order valence-electron chi connectivity index (χ1n) is 31.0. The van der Waals surface area contributed by atoms with Gasteiger partial charge in [0.25, 0.3) is 0 Å². The van der Waals surface area contributed by atoms with Gasteiger partial charge < -0.3 is 0 Å². The largest absolute Gasteiger partial charge is 0.265 e. The summed E-state index contributed by atoms with van der Waals surface area (Å²) in [6.07, 6.45) is 6.26. The molecule has 0 unspecified atom stereocenters. The molecule has 0 N–H and O–H groups in total. The summed E-state index contributed by atoms with van der Waals surface area (Å²) in [5, 5.41) is 41.9. The van der Waals surface area contributed by atoms with Gasteiger partial charge in [-0.3, -0.25) is 9.97 Å². The zero-order chi connectivity index (χ0) is 70.3. The van der Waals surface area contributed by atoms with Gasteiger partial charge in [-0.05, 0) is 105 Å². The molecule has 0 spiro atoms. The lowest BCUT2D eigenvalue weighted by molar-refractivity contribution is 0.555. The Balaban J connectivity index is 0.000000166. The monoisotopic (exact) mass is 1290 g/mol. The van der Waals surface area contributed by atoms with Crippen LogP contribution < -0.4 is 32.8 Å². The van der Waals surface area contributed by atoms with Crippen LogP contribution in [0.3, 0.4) is 0 Å². The van der Waals surface area contributed by atoms with Crippen molar-refractivity contribution in [3.05, 3.63) is 376 Å². The van der Waals surface area contributed by atoms with Crippen LogP contribution in [0.1, 0.15) is 75.3 Å².